The second-order valence-corrected chi connectivity index (χ2v) is 9.92. The number of piperidine rings is 1. The average molecular weight is 464 g/mol. The molecule has 25 heavy (non-hydrogen) atoms. The molecule has 0 amide bonds. The average Bonchev–Trinajstić information content (AvgIpc) is 2.58. The minimum Gasteiger partial charge on any atom is -0.304 e. The molecular weight excluding hydrogens is 427 g/mol. The van der Waals surface area contributed by atoms with Crippen LogP contribution in [-0.4, -0.2) is 90.0 Å². The Morgan fingerprint density at radius 3 is 2.16 bits per heavy atom. The molecule has 0 saturated carbocycles. The van der Waals surface area contributed by atoms with Crippen molar-refractivity contribution in [2.45, 2.75) is 37.7 Å². The van der Waals surface area contributed by atoms with Crippen LogP contribution in [0, 0.1) is 11.8 Å². The van der Waals surface area contributed by atoms with Gasteiger partial charge in [0.05, 0.1) is 10.6 Å². The molecule has 0 aliphatic carbocycles. The van der Waals surface area contributed by atoms with E-state index in [1.54, 1.807) is 0 Å². The minimum atomic E-state index is 0.165. The number of piperazine rings is 1. The maximum Gasteiger partial charge on any atom is 0.149 e. The van der Waals surface area contributed by atoms with E-state index in [2.05, 4.69) is 49.5 Å². The Morgan fingerprint density at radius 1 is 1.00 bits per heavy atom. The standard InChI is InChI=1S/C19H37IN4O/c1-16(2)19(25)15-24-12-10-23(11-13-24)14-18-4-7-22(8-5-18)9-6-21-17(3)20/h16-18,21H,4-15H2,1-3H3. The van der Waals surface area contributed by atoms with Crippen LogP contribution in [0.15, 0.2) is 0 Å². The summed E-state index contributed by atoms with van der Waals surface area (Å²) < 4.78 is 0.560. The normalized spacial score (nSPS) is 23.2. The van der Waals surface area contributed by atoms with Gasteiger partial charge in [-0.15, -0.1) is 0 Å². The zero-order valence-electron chi connectivity index (χ0n) is 16.3. The number of nitrogens with zero attached hydrogens (tertiary/aromatic N) is 3. The van der Waals surface area contributed by atoms with Crippen molar-refractivity contribution in [2.75, 3.05) is 65.4 Å². The van der Waals surface area contributed by atoms with Gasteiger partial charge >= 0.3 is 0 Å². The van der Waals surface area contributed by atoms with Crippen LogP contribution in [0.3, 0.4) is 0 Å². The molecule has 0 aromatic heterocycles. The van der Waals surface area contributed by atoms with Gasteiger partial charge < -0.3 is 15.1 Å². The highest BCUT2D eigenvalue weighted by molar-refractivity contribution is 14.1. The van der Waals surface area contributed by atoms with Gasteiger partial charge in [0.25, 0.3) is 0 Å². The van der Waals surface area contributed by atoms with Crippen molar-refractivity contribution < 1.29 is 4.79 Å². The highest BCUT2D eigenvalue weighted by Crippen LogP contribution is 2.19. The summed E-state index contributed by atoms with van der Waals surface area (Å²) in [5.74, 6) is 1.40. The number of carbonyl (C=O) groups is 1. The number of nitrogens with one attached hydrogen (secondary N) is 1. The fraction of sp³-hybridized carbons (Fsp3) is 0.947. The fourth-order valence-electron chi connectivity index (χ4n) is 3.71. The molecule has 1 unspecified atom stereocenters. The maximum absolute atomic E-state index is 11.9. The first-order valence-electron chi connectivity index (χ1n) is 10.0. The molecule has 2 aliphatic rings. The summed E-state index contributed by atoms with van der Waals surface area (Å²) in [6.45, 7) is 17.3. The van der Waals surface area contributed by atoms with Crippen LogP contribution < -0.4 is 5.32 Å². The highest BCUT2D eigenvalue weighted by Gasteiger charge is 2.24. The van der Waals surface area contributed by atoms with E-state index < -0.39 is 0 Å². The Hall–Kier alpha value is 0.240. The fourth-order valence-corrected chi connectivity index (χ4v) is 4.02. The highest BCUT2D eigenvalue weighted by atomic mass is 127. The summed E-state index contributed by atoms with van der Waals surface area (Å²) >= 11 is 2.42. The largest absolute Gasteiger partial charge is 0.304 e. The molecule has 0 bridgehead atoms. The number of halogens is 1. The predicted octanol–water partition coefficient (Wildman–Crippen LogP) is 1.91. The van der Waals surface area contributed by atoms with E-state index in [0.29, 0.717) is 16.4 Å². The van der Waals surface area contributed by atoms with E-state index in [0.717, 1.165) is 38.6 Å². The Balaban J connectivity index is 1.58. The van der Waals surface area contributed by atoms with Gasteiger partial charge in [-0.2, -0.15) is 0 Å². The number of likely N-dealkylation sites (tertiary alicyclic amines) is 1. The lowest BCUT2D eigenvalue weighted by atomic mass is 9.96. The van der Waals surface area contributed by atoms with Gasteiger partial charge in [0.1, 0.15) is 5.78 Å². The van der Waals surface area contributed by atoms with Crippen molar-refractivity contribution >= 4 is 28.4 Å². The van der Waals surface area contributed by atoms with Gasteiger partial charge in [0.2, 0.25) is 0 Å². The van der Waals surface area contributed by atoms with E-state index >= 15 is 0 Å². The molecule has 146 valence electrons. The third-order valence-electron chi connectivity index (χ3n) is 5.57. The molecule has 0 aromatic rings. The maximum atomic E-state index is 11.9. The Labute approximate surface area is 168 Å². The summed E-state index contributed by atoms with van der Waals surface area (Å²) in [6.07, 6.45) is 2.68. The van der Waals surface area contributed by atoms with E-state index in [4.69, 9.17) is 0 Å². The van der Waals surface area contributed by atoms with Crippen LogP contribution in [0.5, 0.6) is 0 Å². The van der Waals surface area contributed by atoms with E-state index in [9.17, 15) is 4.79 Å². The summed E-state index contributed by atoms with van der Waals surface area (Å²) in [6, 6.07) is 0. The quantitative estimate of drug-likeness (QED) is 0.321. The number of ketones is 1. The second kappa shape index (κ2) is 11.2. The first kappa shape index (κ1) is 21.5. The Kier molecular flexibility index (Phi) is 9.62. The molecule has 2 fully saturated rings. The van der Waals surface area contributed by atoms with E-state index in [-0.39, 0.29) is 5.92 Å². The van der Waals surface area contributed by atoms with Crippen LogP contribution in [0.25, 0.3) is 0 Å². The SMILES string of the molecule is CC(I)NCCN1CCC(CN2CCN(CC(=O)C(C)C)CC2)CC1. The Morgan fingerprint density at radius 2 is 1.60 bits per heavy atom. The van der Waals surface area contributed by atoms with Gasteiger partial charge in [0.15, 0.2) is 0 Å². The van der Waals surface area contributed by atoms with E-state index in [1.807, 2.05) is 13.8 Å². The smallest absolute Gasteiger partial charge is 0.149 e. The van der Waals surface area contributed by atoms with Gasteiger partial charge in [0, 0.05) is 51.7 Å². The Bertz CT molecular complexity index is 389. The third-order valence-corrected chi connectivity index (χ3v) is 6.01. The van der Waals surface area contributed by atoms with Crippen molar-refractivity contribution in [3.05, 3.63) is 0 Å². The molecule has 0 aromatic carbocycles. The van der Waals surface area contributed by atoms with Gasteiger partial charge in [-0.1, -0.05) is 36.4 Å². The lowest BCUT2D eigenvalue weighted by molar-refractivity contribution is -0.123. The van der Waals surface area contributed by atoms with Gasteiger partial charge in [-0.3, -0.25) is 9.69 Å². The predicted molar refractivity (Wildman–Crippen MR) is 113 cm³/mol. The van der Waals surface area contributed by atoms with Crippen LogP contribution in [0.2, 0.25) is 0 Å². The molecule has 2 heterocycles. The van der Waals surface area contributed by atoms with Crippen LogP contribution in [0.1, 0.15) is 33.6 Å². The number of hydrogen-bond acceptors (Lipinski definition) is 5. The summed E-state index contributed by atoms with van der Waals surface area (Å²) in [5.41, 5.74) is 0. The molecule has 0 spiro atoms. The molecule has 2 saturated heterocycles. The second-order valence-electron chi connectivity index (χ2n) is 8.05. The zero-order chi connectivity index (χ0) is 18.2. The summed E-state index contributed by atoms with van der Waals surface area (Å²) in [7, 11) is 0. The topological polar surface area (TPSA) is 38.8 Å². The van der Waals surface area contributed by atoms with Crippen molar-refractivity contribution in [2.24, 2.45) is 11.8 Å². The van der Waals surface area contributed by atoms with Crippen LogP contribution in [-0.2, 0) is 4.79 Å². The van der Waals surface area contributed by atoms with Crippen molar-refractivity contribution in [1.29, 1.82) is 0 Å². The zero-order valence-corrected chi connectivity index (χ0v) is 18.5. The summed E-state index contributed by atoms with van der Waals surface area (Å²) in [4.78, 5) is 19.5. The van der Waals surface area contributed by atoms with Crippen LogP contribution >= 0.6 is 22.6 Å². The minimum absolute atomic E-state index is 0.165. The molecule has 2 rings (SSSR count). The van der Waals surface area contributed by atoms with Crippen molar-refractivity contribution in [3.63, 3.8) is 0 Å². The molecule has 5 nitrogen and oxygen atoms in total. The van der Waals surface area contributed by atoms with E-state index in [1.165, 1.54) is 39.0 Å². The number of rotatable bonds is 9. The third kappa shape index (κ3) is 8.20. The molecule has 0 radical (unpaired) electrons. The molecule has 6 heteroatoms. The first-order valence-corrected chi connectivity index (χ1v) is 11.3. The molecule has 1 atom stereocenters. The van der Waals surface area contributed by atoms with Crippen molar-refractivity contribution in [3.8, 4) is 0 Å². The number of carbonyl (C=O) groups excluding carboxylic acids is 1. The molecular formula is C19H37IN4O. The van der Waals surface area contributed by atoms with Gasteiger partial charge in [-0.25, -0.2) is 0 Å². The number of alkyl halides is 1. The molecule has 1 N–H and O–H groups in total. The number of hydrogen-bond donors (Lipinski definition) is 1. The van der Waals surface area contributed by atoms with Gasteiger partial charge in [-0.05, 0) is 38.8 Å². The van der Waals surface area contributed by atoms with Crippen molar-refractivity contribution in [1.82, 2.24) is 20.0 Å². The molecule has 2 aliphatic heterocycles. The lowest BCUT2D eigenvalue weighted by Crippen LogP contribution is -2.50. The number of Topliss-reactive ketones (excluding diaryl/α,β-unsaturated/α-hetero) is 1. The summed E-state index contributed by atoms with van der Waals surface area (Å²) in [5, 5.41) is 3.50. The monoisotopic (exact) mass is 464 g/mol. The first-order chi connectivity index (χ1) is 11.9. The van der Waals surface area contributed by atoms with Crippen LogP contribution in [0.4, 0.5) is 0 Å². The lowest BCUT2D eigenvalue weighted by Gasteiger charge is -2.38.